The van der Waals surface area contributed by atoms with Gasteiger partial charge in [0.15, 0.2) is 0 Å². The largest absolute Gasteiger partial charge is 0.393 e. The third kappa shape index (κ3) is 3.10. The molecule has 3 N–H and O–H groups in total. The summed E-state index contributed by atoms with van der Waals surface area (Å²) in [5.41, 5.74) is 1.01. The quantitative estimate of drug-likeness (QED) is 0.713. The van der Waals surface area contributed by atoms with Gasteiger partial charge in [0.1, 0.15) is 0 Å². The fourth-order valence-corrected chi connectivity index (χ4v) is 2.15. The first-order valence-electron chi connectivity index (χ1n) is 5.83. The Labute approximate surface area is 95.1 Å². The lowest BCUT2D eigenvalue weighted by Gasteiger charge is -2.26. The van der Waals surface area contributed by atoms with E-state index in [1.165, 1.54) is 0 Å². The molecule has 1 aromatic rings. The molecule has 4 heteroatoms. The molecule has 1 aliphatic rings. The van der Waals surface area contributed by atoms with Gasteiger partial charge in [0, 0.05) is 18.4 Å². The maximum Gasteiger partial charge on any atom is 0.224 e. The summed E-state index contributed by atoms with van der Waals surface area (Å²) in [4.78, 5) is 14.6. The van der Waals surface area contributed by atoms with E-state index in [0.29, 0.717) is 6.42 Å². The summed E-state index contributed by atoms with van der Waals surface area (Å²) in [5.74, 6) is 0.0704. The summed E-state index contributed by atoms with van der Waals surface area (Å²) in [7, 11) is 0. The lowest BCUT2D eigenvalue weighted by Crippen LogP contribution is -2.39. The monoisotopic (exact) mass is 222 g/mol. The maximum absolute atomic E-state index is 11.7. The number of aromatic amines is 1. The van der Waals surface area contributed by atoms with Gasteiger partial charge in [0.05, 0.1) is 12.5 Å². The first kappa shape index (κ1) is 11.2. The first-order chi connectivity index (χ1) is 7.74. The van der Waals surface area contributed by atoms with Crippen LogP contribution in [0.3, 0.4) is 0 Å². The summed E-state index contributed by atoms with van der Waals surface area (Å²) in [6.45, 7) is 0. The third-order valence-corrected chi connectivity index (χ3v) is 3.09. The highest BCUT2D eigenvalue weighted by Gasteiger charge is 2.20. The molecule has 1 fully saturated rings. The van der Waals surface area contributed by atoms with Crippen LogP contribution in [-0.4, -0.2) is 28.1 Å². The molecule has 4 nitrogen and oxygen atoms in total. The molecular weight excluding hydrogens is 204 g/mol. The Kier molecular flexibility index (Phi) is 3.62. The minimum absolute atomic E-state index is 0.0704. The summed E-state index contributed by atoms with van der Waals surface area (Å²) in [6.07, 6.45) is 7.30. The van der Waals surface area contributed by atoms with Gasteiger partial charge in [-0.2, -0.15) is 0 Å². The zero-order chi connectivity index (χ0) is 11.4. The number of hydrogen-bond donors (Lipinski definition) is 3. The number of aliphatic hydroxyl groups is 1. The fraction of sp³-hybridized carbons (Fsp3) is 0.583. The van der Waals surface area contributed by atoms with Crippen molar-refractivity contribution in [2.24, 2.45) is 0 Å². The van der Waals surface area contributed by atoms with Crippen LogP contribution in [-0.2, 0) is 11.2 Å². The smallest absolute Gasteiger partial charge is 0.224 e. The molecule has 1 aliphatic carbocycles. The molecule has 1 aromatic heterocycles. The number of aliphatic hydroxyl groups excluding tert-OH is 1. The van der Waals surface area contributed by atoms with Gasteiger partial charge < -0.3 is 15.4 Å². The van der Waals surface area contributed by atoms with E-state index in [0.717, 1.165) is 31.2 Å². The van der Waals surface area contributed by atoms with Crippen molar-refractivity contribution in [2.45, 2.75) is 44.2 Å². The maximum atomic E-state index is 11.7. The molecule has 0 atom stereocenters. The lowest BCUT2D eigenvalue weighted by molar-refractivity contribution is -0.121. The molecule has 1 amide bonds. The third-order valence-electron chi connectivity index (χ3n) is 3.09. The summed E-state index contributed by atoms with van der Waals surface area (Å²) >= 11 is 0. The zero-order valence-electron chi connectivity index (χ0n) is 9.28. The van der Waals surface area contributed by atoms with Crippen LogP contribution < -0.4 is 5.32 Å². The van der Waals surface area contributed by atoms with E-state index in [1.54, 1.807) is 0 Å². The first-order valence-corrected chi connectivity index (χ1v) is 5.83. The molecule has 16 heavy (non-hydrogen) atoms. The van der Waals surface area contributed by atoms with Crippen LogP contribution >= 0.6 is 0 Å². The molecule has 0 spiro atoms. The van der Waals surface area contributed by atoms with Gasteiger partial charge in [-0.1, -0.05) is 0 Å². The van der Waals surface area contributed by atoms with Crippen LogP contribution in [0.15, 0.2) is 18.5 Å². The number of amides is 1. The van der Waals surface area contributed by atoms with Crippen molar-refractivity contribution in [3.8, 4) is 0 Å². The molecule has 0 bridgehead atoms. The summed E-state index contributed by atoms with van der Waals surface area (Å²) < 4.78 is 0. The Morgan fingerprint density at radius 3 is 2.81 bits per heavy atom. The van der Waals surface area contributed by atoms with E-state index >= 15 is 0 Å². The van der Waals surface area contributed by atoms with Crippen molar-refractivity contribution < 1.29 is 9.90 Å². The highest BCUT2D eigenvalue weighted by atomic mass is 16.3. The van der Waals surface area contributed by atoms with Crippen LogP contribution in [0.2, 0.25) is 0 Å². The minimum Gasteiger partial charge on any atom is -0.393 e. The van der Waals surface area contributed by atoms with Gasteiger partial charge in [-0.05, 0) is 37.3 Å². The number of hydrogen-bond acceptors (Lipinski definition) is 2. The normalized spacial score (nSPS) is 25.3. The SMILES string of the molecule is O=C(Cc1cc[nH]c1)NC1CCC(O)CC1. The Balaban J connectivity index is 1.75. The van der Waals surface area contributed by atoms with Crippen molar-refractivity contribution in [3.05, 3.63) is 24.0 Å². The highest BCUT2D eigenvalue weighted by molar-refractivity contribution is 5.78. The van der Waals surface area contributed by atoms with E-state index in [-0.39, 0.29) is 18.1 Å². The Hall–Kier alpha value is -1.29. The van der Waals surface area contributed by atoms with Crippen LogP contribution in [0, 0.1) is 0 Å². The summed E-state index contributed by atoms with van der Waals surface area (Å²) in [5, 5.41) is 12.4. The minimum atomic E-state index is -0.169. The van der Waals surface area contributed by atoms with Crippen molar-refractivity contribution in [1.29, 1.82) is 0 Å². The number of rotatable bonds is 3. The van der Waals surface area contributed by atoms with Crippen molar-refractivity contribution in [2.75, 3.05) is 0 Å². The molecule has 88 valence electrons. The van der Waals surface area contributed by atoms with Crippen LogP contribution in [0.5, 0.6) is 0 Å². The molecule has 0 aromatic carbocycles. The topological polar surface area (TPSA) is 65.1 Å². The van der Waals surface area contributed by atoms with Gasteiger partial charge in [-0.3, -0.25) is 4.79 Å². The molecular formula is C12H18N2O2. The average molecular weight is 222 g/mol. The average Bonchev–Trinajstić information content (AvgIpc) is 2.74. The second kappa shape index (κ2) is 5.16. The standard InChI is InChI=1S/C12H18N2O2/c15-11-3-1-10(2-4-11)14-12(16)7-9-5-6-13-8-9/h5-6,8,10-11,13,15H,1-4,7H2,(H,14,16). The highest BCUT2D eigenvalue weighted by Crippen LogP contribution is 2.18. The van der Waals surface area contributed by atoms with Gasteiger partial charge in [-0.25, -0.2) is 0 Å². The number of nitrogens with one attached hydrogen (secondary N) is 2. The van der Waals surface area contributed by atoms with E-state index in [9.17, 15) is 9.90 Å². The van der Waals surface area contributed by atoms with Crippen LogP contribution in [0.1, 0.15) is 31.2 Å². The second-order valence-corrected chi connectivity index (χ2v) is 4.47. The predicted molar refractivity (Wildman–Crippen MR) is 60.9 cm³/mol. The van der Waals surface area contributed by atoms with Crippen molar-refractivity contribution in [3.63, 3.8) is 0 Å². The van der Waals surface area contributed by atoms with E-state index in [1.807, 2.05) is 18.5 Å². The molecule has 0 saturated heterocycles. The Morgan fingerprint density at radius 2 is 2.19 bits per heavy atom. The summed E-state index contributed by atoms with van der Waals surface area (Å²) in [6, 6.07) is 2.15. The van der Waals surface area contributed by atoms with Crippen molar-refractivity contribution in [1.82, 2.24) is 10.3 Å². The second-order valence-electron chi connectivity index (χ2n) is 4.47. The fourth-order valence-electron chi connectivity index (χ4n) is 2.15. The van der Waals surface area contributed by atoms with E-state index in [4.69, 9.17) is 0 Å². The Bertz CT molecular complexity index is 327. The predicted octanol–water partition coefficient (Wildman–Crippen LogP) is 0.977. The molecule has 0 unspecified atom stereocenters. The van der Waals surface area contributed by atoms with Gasteiger partial charge >= 0.3 is 0 Å². The molecule has 1 saturated carbocycles. The van der Waals surface area contributed by atoms with Crippen LogP contribution in [0.25, 0.3) is 0 Å². The number of aromatic nitrogens is 1. The molecule has 0 radical (unpaired) electrons. The van der Waals surface area contributed by atoms with E-state index < -0.39 is 0 Å². The van der Waals surface area contributed by atoms with E-state index in [2.05, 4.69) is 10.3 Å². The Morgan fingerprint density at radius 1 is 1.44 bits per heavy atom. The molecule has 2 rings (SSSR count). The van der Waals surface area contributed by atoms with Crippen LogP contribution in [0.4, 0.5) is 0 Å². The molecule has 0 aliphatic heterocycles. The lowest BCUT2D eigenvalue weighted by atomic mass is 9.93. The number of carbonyl (C=O) groups excluding carboxylic acids is 1. The zero-order valence-corrected chi connectivity index (χ0v) is 9.28. The molecule has 1 heterocycles. The number of carbonyl (C=O) groups is 1. The van der Waals surface area contributed by atoms with Gasteiger partial charge in [-0.15, -0.1) is 0 Å². The van der Waals surface area contributed by atoms with Gasteiger partial charge in [0.2, 0.25) is 5.91 Å². The number of H-pyrrole nitrogens is 1. The van der Waals surface area contributed by atoms with Gasteiger partial charge in [0.25, 0.3) is 0 Å². The van der Waals surface area contributed by atoms with Crippen molar-refractivity contribution >= 4 is 5.91 Å².